The van der Waals surface area contributed by atoms with Gasteiger partial charge in [0.15, 0.2) is 18.2 Å². The largest absolute Gasteiger partial charge is 0.497 e. The fourth-order valence-corrected chi connectivity index (χ4v) is 4.21. The normalized spacial score (nSPS) is 14.9. The van der Waals surface area contributed by atoms with Gasteiger partial charge in [0.25, 0.3) is 5.91 Å². The summed E-state index contributed by atoms with van der Waals surface area (Å²) >= 11 is 6.07. The van der Waals surface area contributed by atoms with E-state index in [4.69, 9.17) is 21.1 Å². The Bertz CT molecular complexity index is 1250. The maximum Gasteiger partial charge on any atom is 0.266 e. The molecule has 2 aromatic heterocycles. The summed E-state index contributed by atoms with van der Waals surface area (Å²) in [6.07, 6.45) is 3.95. The van der Waals surface area contributed by atoms with Gasteiger partial charge in [0.2, 0.25) is 5.91 Å². The number of amides is 2. The summed E-state index contributed by atoms with van der Waals surface area (Å²) in [7, 11) is 1.64. The number of ether oxygens (including phenoxy) is 2. The number of rotatable bonds is 4. The van der Waals surface area contributed by atoms with Gasteiger partial charge in [-0.15, -0.1) is 0 Å². The average Bonchev–Trinajstić information content (AvgIpc) is 2.84. The zero-order valence-electron chi connectivity index (χ0n) is 18.0. The molecule has 0 radical (unpaired) electrons. The van der Waals surface area contributed by atoms with Crippen LogP contribution in [0.2, 0.25) is 5.02 Å². The maximum absolute atomic E-state index is 13.1. The molecule has 3 aromatic rings. The number of anilines is 1. The van der Waals surface area contributed by atoms with Crippen molar-refractivity contribution in [1.82, 2.24) is 14.9 Å². The third kappa shape index (κ3) is 4.21. The van der Waals surface area contributed by atoms with Crippen LogP contribution in [-0.4, -0.2) is 53.5 Å². The maximum atomic E-state index is 13.1. The Balaban J connectivity index is 1.35. The Morgan fingerprint density at radius 3 is 2.88 bits per heavy atom. The molecule has 0 aliphatic carbocycles. The van der Waals surface area contributed by atoms with Crippen molar-refractivity contribution >= 4 is 29.2 Å². The van der Waals surface area contributed by atoms with E-state index >= 15 is 0 Å². The Labute approximate surface area is 195 Å². The average molecular weight is 465 g/mol. The number of methoxy groups -OCH3 is 1. The van der Waals surface area contributed by atoms with Gasteiger partial charge >= 0.3 is 0 Å². The standard InChI is InChI=1S/C24H21ClN4O4/c1-32-19-3-2-16-12-28(7-5-15(16)8-19)22(30)13-29-23(31)14-33-21-9-17(11-27-24(21)29)20-10-18(25)4-6-26-20/h2-4,6,8-11H,5,7,12-14H2,1H3. The minimum atomic E-state index is -0.306. The van der Waals surface area contributed by atoms with Crippen LogP contribution in [0, 0.1) is 0 Å². The zero-order chi connectivity index (χ0) is 22.9. The smallest absolute Gasteiger partial charge is 0.266 e. The first kappa shape index (κ1) is 21.2. The number of benzene rings is 1. The van der Waals surface area contributed by atoms with Gasteiger partial charge in [0.1, 0.15) is 12.3 Å². The summed E-state index contributed by atoms with van der Waals surface area (Å²) in [4.78, 5) is 37.6. The van der Waals surface area contributed by atoms with Crippen LogP contribution in [0.4, 0.5) is 5.82 Å². The Kier molecular flexibility index (Phi) is 5.60. The Morgan fingerprint density at radius 1 is 1.18 bits per heavy atom. The molecular weight excluding hydrogens is 444 g/mol. The number of pyridine rings is 2. The Hall–Kier alpha value is -3.65. The van der Waals surface area contributed by atoms with Crippen molar-refractivity contribution in [2.75, 3.05) is 31.7 Å². The van der Waals surface area contributed by atoms with Crippen molar-refractivity contribution < 1.29 is 19.1 Å². The molecule has 0 bridgehead atoms. The van der Waals surface area contributed by atoms with Gasteiger partial charge in [-0.3, -0.25) is 19.5 Å². The fraction of sp³-hybridized carbons (Fsp3) is 0.250. The molecule has 9 heteroatoms. The first-order valence-electron chi connectivity index (χ1n) is 10.5. The van der Waals surface area contributed by atoms with Crippen LogP contribution in [0.3, 0.4) is 0 Å². The van der Waals surface area contributed by atoms with Crippen LogP contribution in [0.1, 0.15) is 11.1 Å². The second-order valence-corrected chi connectivity index (χ2v) is 8.31. The summed E-state index contributed by atoms with van der Waals surface area (Å²) < 4.78 is 10.9. The first-order chi connectivity index (χ1) is 16.0. The van der Waals surface area contributed by atoms with Gasteiger partial charge in [0.05, 0.1) is 12.8 Å². The lowest BCUT2D eigenvalue weighted by molar-refractivity contribution is -0.132. The van der Waals surface area contributed by atoms with Crippen LogP contribution >= 0.6 is 11.6 Å². The minimum absolute atomic E-state index is 0.0948. The summed E-state index contributed by atoms with van der Waals surface area (Å²) in [5.74, 6) is 1.12. The topological polar surface area (TPSA) is 84.9 Å². The third-order valence-corrected chi connectivity index (χ3v) is 6.07. The number of carbonyl (C=O) groups excluding carboxylic acids is 2. The van der Waals surface area contributed by atoms with E-state index in [9.17, 15) is 9.59 Å². The molecule has 8 nitrogen and oxygen atoms in total. The lowest BCUT2D eigenvalue weighted by Crippen LogP contribution is -2.47. The predicted octanol–water partition coefficient (Wildman–Crippen LogP) is 3.12. The molecule has 0 N–H and O–H groups in total. The minimum Gasteiger partial charge on any atom is -0.497 e. The van der Waals surface area contributed by atoms with E-state index in [1.807, 2.05) is 18.2 Å². The quantitative estimate of drug-likeness (QED) is 0.590. The summed E-state index contributed by atoms with van der Waals surface area (Å²) in [6.45, 7) is 0.826. The van der Waals surface area contributed by atoms with Gasteiger partial charge in [-0.1, -0.05) is 17.7 Å². The molecule has 2 aliphatic rings. The SMILES string of the molecule is COc1ccc2c(c1)CCN(C(=O)CN1C(=O)COc3cc(-c4cc(Cl)ccn4)cnc31)C2. The lowest BCUT2D eigenvalue weighted by Gasteiger charge is -2.33. The predicted molar refractivity (Wildman–Crippen MR) is 122 cm³/mol. The highest BCUT2D eigenvalue weighted by atomic mass is 35.5. The van der Waals surface area contributed by atoms with Gasteiger partial charge in [-0.25, -0.2) is 4.98 Å². The van der Waals surface area contributed by atoms with Gasteiger partial charge in [-0.2, -0.15) is 0 Å². The van der Waals surface area contributed by atoms with E-state index in [0.717, 1.165) is 17.7 Å². The van der Waals surface area contributed by atoms with E-state index in [1.165, 1.54) is 10.5 Å². The monoisotopic (exact) mass is 464 g/mol. The van der Waals surface area contributed by atoms with Crippen molar-refractivity contribution in [3.8, 4) is 22.8 Å². The second kappa shape index (κ2) is 8.71. The van der Waals surface area contributed by atoms with Gasteiger partial charge in [0, 0.05) is 36.1 Å². The molecule has 0 unspecified atom stereocenters. The Morgan fingerprint density at radius 2 is 2.06 bits per heavy atom. The summed E-state index contributed by atoms with van der Waals surface area (Å²) in [6, 6.07) is 11.1. The van der Waals surface area contributed by atoms with Crippen molar-refractivity contribution in [3.63, 3.8) is 0 Å². The number of hydrogen-bond acceptors (Lipinski definition) is 6. The van der Waals surface area contributed by atoms with Crippen LogP contribution in [0.5, 0.6) is 11.5 Å². The number of carbonyl (C=O) groups is 2. The molecular formula is C24H21ClN4O4. The number of fused-ring (bicyclic) bond motifs is 2. The lowest BCUT2D eigenvalue weighted by atomic mass is 9.99. The van der Waals surface area contributed by atoms with Crippen LogP contribution in [0.25, 0.3) is 11.3 Å². The highest BCUT2D eigenvalue weighted by Gasteiger charge is 2.31. The molecule has 168 valence electrons. The van der Waals surface area contributed by atoms with Crippen molar-refractivity contribution in [1.29, 1.82) is 0 Å². The van der Waals surface area contributed by atoms with Gasteiger partial charge in [-0.05, 0) is 47.9 Å². The highest BCUT2D eigenvalue weighted by Crippen LogP contribution is 2.34. The molecule has 4 heterocycles. The summed E-state index contributed by atoms with van der Waals surface area (Å²) in [5, 5.41) is 0.558. The number of aromatic nitrogens is 2. The van der Waals surface area contributed by atoms with E-state index in [2.05, 4.69) is 9.97 Å². The zero-order valence-corrected chi connectivity index (χ0v) is 18.7. The van der Waals surface area contributed by atoms with Gasteiger partial charge < -0.3 is 14.4 Å². The molecule has 2 amide bonds. The molecule has 1 aromatic carbocycles. The van der Waals surface area contributed by atoms with Crippen molar-refractivity contribution in [3.05, 3.63) is 64.9 Å². The van der Waals surface area contributed by atoms with E-state index in [-0.39, 0.29) is 25.0 Å². The van der Waals surface area contributed by atoms with Crippen LogP contribution < -0.4 is 14.4 Å². The number of nitrogens with zero attached hydrogens (tertiary/aromatic N) is 4. The van der Waals surface area contributed by atoms with E-state index in [0.29, 0.717) is 40.9 Å². The molecule has 0 spiro atoms. The molecule has 2 aliphatic heterocycles. The molecule has 0 saturated heterocycles. The first-order valence-corrected chi connectivity index (χ1v) is 10.9. The number of halogens is 1. The van der Waals surface area contributed by atoms with E-state index in [1.54, 1.807) is 42.6 Å². The van der Waals surface area contributed by atoms with Crippen molar-refractivity contribution in [2.45, 2.75) is 13.0 Å². The van der Waals surface area contributed by atoms with Crippen LogP contribution in [0.15, 0.2) is 48.8 Å². The molecule has 0 atom stereocenters. The van der Waals surface area contributed by atoms with Crippen LogP contribution in [-0.2, 0) is 22.6 Å². The third-order valence-electron chi connectivity index (χ3n) is 5.83. The molecule has 5 rings (SSSR count). The number of hydrogen-bond donors (Lipinski definition) is 0. The molecule has 0 fully saturated rings. The summed E-state index contributed by atoms with van der Waals surface area (Å²) in [5.41, 5.74) is 3.61. The second-order valence-electron chi connectivity index (χ2n) is 7.87. The fourth-order valence-electron chi connectivity index (χ4n) is 4.05. The van der Waals surface area contributed by atoms with Crippen molar-refractivity contribution in [2.24, 2.45) is 0 Å². The molecule has 33 heavy (non-hydrogen) atoms. The molecule has 0 saturated carbocycles. The van der Waals surface area contributed by atoms with E-state index < -0.39 is 0 Å². The highest BCUT2D eigenvalue weighted by molar-refractivity contribution is 6.30.